The third-order valence-corrected chi connectivity index (χ3v) is 3.16. The normalized spacial score (nSPS) is 16.9. The second-order valence-electron chi connectivity index (χ2n) is 5.20. The molecule has 1 aliphatic rings. The van der Waals surface area contributed by atoms with Crippen LogP contribution in [0.5, 0.6) is 11.5 Å². The Balaban J connectivity index is 2.54. The molecule has 1 unspecified atom stereocenters. The third-order valence-electron chi connectivity index (χ3n) is 3.16. The first-order valence-electron chi connectivity index (χ1n) is 6.43. The highest BCUT2D eigenvalue weighted by Gasteiger charge is 2.28. The van der Waals surface area contributed by atoms with E-state index in [2.05, 4.69) is 0 Å². The summed E-state index contributed by atoms with van der Waals surface area (Å²) in [4.78, 5) is 0. The van der Waals surface area contributed by atoms with Gasteiger partial charge >= 0.3 is 0 Å². The van der Waals surface area contributed by atoms with Gasteiger partial charge in [0.1, 0.15) is 5.67 Å². The van der Waals surface area contributed by atoms with Crippen LogP contribution < -0.4 is 15.2 Å². The molecule has 0 bridgehead atoms. The Labute approximate surface area is 112 Å². The molecule has 0 aliphatic carbocycles. The molecule has 4 nitrogen and oxygen atoms in total. The van der Waals surface area contributed by atoms with E-state index in [1.165, 1.54) is 13.8 Å². The van der Waals surface area contributed by atoms with Crippen LogP contribution in [0.2, 0.25) is 0 Å². The molecule has 1 atom stereocenters. The highest BCUT2D eigenvalue weighted by Crippen LogP contribution is 2.40. The molecule has 1 heterocycles. The van der Waals surface area contributed by atoms with Crippen LogP contribution in [-0.2, 0) is 5.67 Å². The monoisotopic (exact) mass is 269 g/mol. The molecule has 0 radical (unpaired) electrons. The first-order chi connectivity index (χ1) is 8.93. The van der Waals surface area contributed by atoms with Crippen LogP contribution in [0.25, 0.3) is 0 Å². The van der Waals surface area contributed by atoms with Crippen LogP contribution in [0, 0.1) is 0 Å². The predicted octanol–water partition coefficient (Wildman–Crippen LogP) is 2.04. The van der Waals surface area contributed by atoms with E-state index in [0.29, 0.717) is 35.8 Å². The average Bonchev–Trinajstić information content (AvgIpc) is 2.59. The van der Waals surface area contributed by atoms with Gasteiger partial charge in [0.15, 0.2) is 11.5 Å². The maximum absolute atomic E-state index is 14.3. The second kappa shape index (κ2) is 5.35. The van der Waals surface area contributed by atoms with Gasteiger partial charge in [-0.3, -0.25) is 0 Å². The van der Waals surface area contributed by atoms with Gasteiger partial charge in [-0.1, -0.05) is 0 Å². The Morgan fingerprint density at radius 1 is 1.32 bits per heavy atom. The number of ether oxygens (including phenoxy) is 2. The minimum Gasteiger partial charge on any atom is -0.490 e. The minimum atomic E-state index is -1.56. The van der Waals surface area contributed by atoms with Crippen LogP contribution >= 0.6 is 0 Å². The zero-order chi connectivity index (χ0) is 14.0. The van der Waals surface area contributed by atoms with Crippen LogP contribution in [0.1, 0.15) is 37.4 Å². The molecule has 19 heavy (non-hydrogen) atoms. The number of rotatable bonds is 3. The molecule has 0 saturated carbocycles. The predicted molar refractivity (Wildman–Crippen MR) is 70.2 cm³/mol. The van der Waals surface area contributed by atoms with Crippen molar-refractivity contribution in [2.75, 3.05) is 19.8 Å². The zero-order valence-corrected chi connectivity index (χ0v) is 11.3. The Hall–Kier alpha value is -1.33. The van der Waals surface area contributed by atoms with Crippen molar-refractivity contribution >= 4 is 0 Å². The van der Waals surface area contributed by atoms with Gasteiger partial charge in [-0.05, 0) is 37.1 Å². The van der Waals surface area contributed by atoms with E-state index in [-0.39, 0.29) is 6.61 Å². The van der Waals surface area contributed by atoms with Gasteiger partial charge in [0, 0.05) is 6.42 Å². The fraction of sp³-hybridized carbons (Fsp3) is 0.571. The summed E-state index contributed by atoms with van der Waals surface area (Å²) in [6, 6.07) is 2.67. The SMILES string of the molecule is CC(C)(F)c1cc2c(cc1C(N)CO)OCCCO2. The van der Waals surface area contributed by atoms with E-state index >= 15 is 0 Å². The van der Waals surface area contributed by atoms with E-state index < -0.39 is 11.7 Å². The van der Waals surface area contributed by atoms with Crippen LogP contribution in [-0.4, -0.2) is 24.9 Å². The lowest BCUT2D eigenvalue weighted by Crippen LogP contribution is -2.21. The van der Waals surface area contributed by atoms with E-state index in [0.717, 1.165) is 6.42 Å². The standard InChI is InChI=1S/C14H20FNO3/c1-14(2,15)10-7-13-12(18-4-3-5-19-13)6-9(10)11(16)8-17/h6-7,11,17H,3-5,8,16H2,1-2H3. The quantitative estimate of drug-likeness (QED) is 0.881. The van der Waals surface area contributed by atoms with Crippen molar-refractivity contribution in [2.45, 2.75) is 32.0 Å². The van der Waals surface area contributed by atoms with Crippen LogP contribution in [0.15, 0.2) is 12.1 Å². The number of fused-ring (bicyclic) bond motifs is 1. The minimum absolute atomic E-state index is 0.247. The van der Waals surface area contributed by atoms with Gasteiger partial charge in [-0.15, -0.1) is 0 Å². The lowest BCUT2D eigenvalue weighted by Gasteiger charge is -2.24. The molecule has 1 aromatic carbocycles. The Morgan fingerprint density at radius 3 is 2.42 bits per heavy atom. The zero-order valence-electron chi connectivity index (χ0n) is 11.3. The molecular formula is C14H20FNO3. The molecule has 0 saturated heterocycles. The van der Waals surface area contributed by atoms with Crippen molar-refractivity contribution in [2.24, 2.45) is 5.73 Å². The summed E-state index contributed by atoms with van der Waals surface area (Å²) >= 11 is 0. The highest BCUT2D eigenvalue weighted by atomic mass is 19.1. The maximum Gasteiger partial charge on any atom is 0.161 e. The summed E-state index contributed by atoms with van der Waals surface area (Å²) in [6.07, 6.45) is 0.782. The van der Waals surface area contributed by atoms with Crippen molar-refractivity contribution < 1.29 is 19.0 Å². The van der Waals surface area contributed by atoms with Crippen molar-refractivity contribution in [1.29, 1.82) is 0 Å². The fourth-order valence-corrected chi connectivity index (χ4v) is 2.14. The van der Waals surface area contributed by atoms with Crippen molar-refractivity contribution in [3.8, 4) is 11.5 Å². The lowest BCUT2D eigenvalue weighted by molar-refractivity contribution is 0.213. The van der Waals surface area contributed by atoms with E-state index in [1.807, 2.05) is 0 Å². The fourth-order valence-electron chi connectivity index (χ4n) is 2.14. The molecule has 2 rings (SSSR count). The number of halogens is 1. The van der Waals surface area contributed by atoms with Crippen LogP contribution in [0.3, 0.4) is 0 Å². The number of alkyl halides is 1. The number of hydrogen-bond donors (Lipinski definition) is 2. The molecule has 0 fully saturated rings. The summed E-state index contributed by atoms with van der Waals surface area (Å²) in [6.45, 7) is 3.77. The number of aliphatic hydroxyl groups is 1. The smallest absolute Gasteiger partial charge is 0.161 e. The van der Waals surface area contributed by atoms with E-state index in [9.17, 15) is 9.50 Å². The number of nitrogens with two attached hydrogens (primary N) is 1. The Bertz CT molecular complexity index is 457. The first-order valence-corrected chi connectivity index (χ1v) is 6.43. The van der Waals surface area contributed by atoms with Gasteiger partial charge in [0.25, 0.3) is 0 Å². The van der Waals surface area contributed by atoms with E-state index in [1.54, 1.807) is 12.1 Å². The molecule has 1 aromatic rings. The summed E-state index contributed by atoms with van der Waals surface area (Å²) in [7, 11) is 0. The van der Waals surface area contributed by atoms with Crippen molar-refractivity contribution in [3.63, 3.8) is 0 Å². The van der Waals surface area contributed by atoms with Crippen molar-refractivity contribution in [3.05, 3.63) is 23.3 Å². The average molecular weight is 269 g/mol. The number of hydrogen-bond acceptors (Lipinski definition) is 4. The molecule has 5 heteroatoms. The van der Waals surface area contributed by atoms with Crippen molar-refractivity contribution in [1.82, 2.24) is 0 Å². The van der Waals surface area contributed by atoms with E-state index in [4.69, 9.17) is 15.2 Å². The highest BCUT2D eigenvalue weighted by molar-refractivity contribution is 5.50. The first kappa shape index (κ1) is 14.1. The van der Waals surface area contributed by atoms with Crippen LogP contribution in [0.4, 0.5) is 4.39 Å². The Kier molecular flexibility index (Phi) is 3.96. The third kappa shape index (κ3) is 2.98. The van der Waals surface area contributed by atoms with Gasteiger partial charge in [-0.2, -0.15) is 0 Å². The number of benzene rings is 1. The van der Waals surface area contributed by atoms with Gasteiger partial charge in [0.05, 0.1) is 25.9 Å². The molecule has 3 N–H and O–H groups in total. The molecule has 1 aliphatic heterocycles. The summed E-state index contributed by atoms with van der Waals surface area (Å²) in [5, 5.41) is 9.22. The molecule has 0 spiro atoms. The maximum atomic E-state index is 14.3. The topological polar surface area (TPSA) is 64.7 Å². The largest absolute Gasteiger partial charge is 0.490 e. The summed E-state index contributed by atoms with van der Waals surface area (Å²) in [5.41, 5.74) is 5.27. The Morgan fingerprint density at radius 2 is 1.89 bits per heavy atom. The molecule has 0 aromatic heterocycles. The number of aliphatic hydroxyl groups excluding tert-OH is 1. The van der Waals surface area contributed by atoms with Gasteiger partial charge < -0.3 is 20.3 Å². The molecular weight excluding hydrogens is 249 g/mol. The lowest BCUT2D eigenvalue weighted by atomic mass is 9.90. The van der Waals surface area contributed by atoms with Gasteiger partial charge in [-0.25, -0.2) is 4.39 Å². The van der Waals surface area contributed by atoms with Gasteiger partial charge in [0.2, 0.25) is 0 Å². The molecule has 0 amide bonds. The summed E-state index contributed by atoms with van der Waals surface area (Å²) < 4.78 is 25.4. The summed E-state index contributed by atoms with van der Waals surface area (Å²) in [5.74, 6) is 1.09. The second-order valence-corrected chi connectivity index (χ2v) is 5.20. The molecule has 106 valence electrons.